The smallest absolute Gasteiger partial charge is 0.343 e. The summed E-state index contributed by atoms with van der Waals surface area (Å²) >= 11 is 16.3. The predicted octanol–water partition coefficient (Wildman–Crippen LogP) is 7.89. The summed E-state index contributed by atoms with van der Waals surface area (Å²) in [6.07, 6.45) is 1.40. The number of aromatic amines is 1. The fraction of sp³-hybridized carbons (Fsp3) is 0. The minimum absolute atomic E-state index is 0.253. The van der Waals surface area contributed by atoms with Crippen LogP contribution in [-0.4, -0.2) is 23.1 Å². The number of nitrogens with zero attached hydrogens (tertiary/aromatic N) is 1. The highest BCUT2D eigenvalue weighted by atomic mass is 79.9. The molecule has 0 aliphatic rings. The zero-order valence-electron chi connectivity index (χ0n) is 19.5. The van der Waals surface area contributed by atoms with Crippen LogP contribution in [0.3, 0.4) is 0 Å². The average molecular weight is 607 g/mol. The first-order chi connectivity index (χ1) is 18.4. The van der Waals surface area contributed by atoms with Crippen LogP contribution in [-0.2, 0) is 0 Å². The van der Waals surface area contributed by atoms with Gasteiger partial charge in [0.25, 0.3) is 5.91 Å². The highest BCUT2D eigenvalue weighted by molar-refractivity contribution is 9.10. The lowest BCUT2D eigenvalue weighted by molar-refractivity contribution is 0.0734. The number of benzene rings is 4. The second-order valence-electron chi connectivity index (χ2n) is 8.15. The van der Waals surface area contributed by atoms with Crippen LogP contribution in [0.15, 0.2) is 101 Å². The van der Waals surface area contributed by atoms with Gasteiger partial charge >= 0.3 is 5.97 Å². The van der Waals surface area contributed by atoms with Gasteiger partial charge in [0.1, 0.15) is 11.4 Å². The molecule has 0 fully saturated rings. The SMILES string of the molecule is O=C(Oc1ccc(Br)cc1C=NNC(=O)c1[nH]c2c(Cl)cccc2c1-c1ccccc1Cl)c1ccccc1. The van der Waals surface area contributed by atoms with Crippen molar-refractivity contribution in [2.24, 2.45) is 5.10 Å². The Hall–Kier alpha value is -3.91. The van der Waals surface area contributed by atoms with Gasteiger partial charge < -0.3 is 9.72 Å². The Morgan fingerprint density at radius 2 is 1.63 bits per heavy atom. The highest BCUT2D eigenvalue weighted by Crippen LogP contribution is 2.38. The van der Waals surface area contributed by atoms with E-state index in [0.717, 1.165) is 9.86 Å². The van der Waals surface area contributed by atoms with Crippen LogP contribution in [0.4, 0.5) is 0 Å². The topological polar surface area (TPSA) is 83.5 Å². The molecule has 188 valence electrons. The van der Waals surface area contributed by atoms with E-state index in [1.165, 1.54) is 6.21 Å². The summed E-state index contributed by atoms with van der Waals surface area (Å²) in [6.45, 7) is 0. The van der Waals surface area contributed by atoms with Crippen molar-refractivity contribution in [3.05, 3.63) is 122 Å². The number of para-hydroxylation sites is 1. The van der Waals surface area contributed by atoms with Gasteiger partial charge in [0.05, 0.1) is 22.3 Å². The van der Waals surface area contributed by atoms with Crippen LogP contribution < -0.4 is 10.2 Å². The Bertz CT molecular complexity index is 1700. The Morgan fingerprint density at radius 3 is 2.42 bits per heavy atom. The maximum absolute atomic E-state index is 13.3. The molecule has 6 nitrogen and oxygen atoms in total. The molecular formula is C29H18BrCl2N3O3. The van der Waals surface area contributed by atoms with Gasteiger partial charge in [-0.1, -0.05) is 87.7 Å². The highest BCUT2D eigenvalue weighted by Gasteiger charge is 2.22. The number of aromatic nitrogens is 1. The van der Waals surface area contributed by atoms with Gasteiger partial charge in [-0.3, -0.25) is 4.79 Å². The quantitative estimate of drug-likeness (QED) is 0.0892. The number of fused-ring (bicyclic) bond motifs is 1. The van der Waals surface area contributed by atoms with Gasteiger partial charge in [0, 0.05) is 31.6 Å². The number of hydrogen-bond donors (Lipinski definition) is 2. The fourth-order valence-corrected chi connectivity index (χ4v) is 4.79. The van der Waals surface area contributed by atoms with Crippen LogP contribution >= 0.6 is 39.1 Å². The van der Waals surface area contributed by atoms with E-state index in [4.69, 9.17) is 27.9 Å². The molecule has 0 radical (unpaired) electrons. The molecule has 5 aromatic rings. The van der Waals surface area contributed by atoms with Crippen LogP contribution in [0, 0.1) is 0 Å². The van der Waals surface area contributed by atoms with Crippen molar-refractivity contribution in [3.8, 4) is 16.9 Å². The van der Waals surface area contributed by atoms with Gasteiger partial charge in [-0.2, -0.15) is 5.10 Å². The molecule has 0 aliphatic carbocycles. The minimum Gasteiger partial charge on any atom is -0.422 e. The number of hydrazone groups is 1. The molecule has 5 rings (SSSR count). The van der Waals surface area contributed by atoms with Gasteiger partial charge in [0.15, 0.2) is 0 Å². The number of carbonyl (C=O) groups is 2. The molecular weight excluding hydrogens is 589 g/mol. The largest absolute Gasteiger partial charge is 0.422 e. The Balaban J connectivity index is 1.44. The second-order valence-corrected chi connectivity index (χ2v) is 9.88. The molecule has 4 aromatic carbocycles. The third kappa shape index (κ3) is 5.36. The monoisotopic (exact) mass is 605 g/mol. The standard InChI is InChI=1S/C29H18BrCl2N3O3/c30-19-13-14-24(38-29(37)17-7-2-1-3-8-17)18(15-19)16-33-35-28(36)27-25(20-9-4-5-11-22(20)31)21-10-6-12-23(32)26(21)34-27/h1-16,34H,(H,35,36). The molecule has 0 unspecified atom stereocenters. The zero-order chi connectivity index (χ0) is 26.6. The van der Waals surface area contributed by atoms with Gasteiger partial charge in [0.2, 0.25) is 0 Å². The van der Waals surface area contributed by atoms with Crippen molar-refractivity contribution in [2.75, 3.05) is 0 Å². The number of nitrogens with one attached hydrogen (secondary N) is 2. The molecule has 1 heterocycles. The van der Waals surface area contributed by atoms with Gasteiger partial charge in [-0.15, -0.1) is 0 Å². The average Bonchev–Trinajstić information content (AvgIpc) is 3.32. The van der Waals surface area contributed by atoms with Crippen molar-refractivity contribution in [1.29, 1.82) is 0 Å². The fourth-order valence-electron chi connectivity index (χ4n) is 3.96. The maximum Gasteiger partial charge on any atom is 0.343 e. The lowest BCUT2D eigenvalue weighted by Crippen LogP contribution is -2.19. The van der Waals surface area contributed by atoms with E-state index in [1.807, 2.05) is 36.4 Å². The van der Waals surface area contributed by atoms with Crippen LogP contribution in [0.25, 0.3) is 22.0 Å². The summed E-state index contributed by atoms with van der Waals surface area (Å²) in [7, 11) is 0. The predicted molar refractivity (Wildman–Crippen MR) is 154 cm³/mol. The molecule has 38 heavy (non-hydrogen) atoms. The van der Waals surface area contributed by atoms with E-state index >= 15 is 0 Å². The first-order valence-corrected chi connectivity index (χ1v) is 12.9. The first-order valence-electron chi connectivity index (χ1n) is 11.4. The number of halogens is 3. The molecule has 2 N–H and O–H groups in total. The number of esters is 1. The first kappa shape index (κ1) is 25.7. The van der Waals surface area contributed by atoms with Crippen molar-refractivity contribution in [2.45, 2.75) is 0 Å². The van der Waals surface area contributed by atoms with E-state index in [-0.39, 0.29) is 11.4 Å². The van der Waals surface area contributed by atoms with E-state index in [2.05, 4.69) is 31.4 Å². The molecule has 0 saturated heterocycles. The minimum atomic E-state index is -0.508. The lowest BCUT2D eigenvalue weighted by atomic mass is 10.0. The van der Waals surface area contributed by atoms with Crippen molar-refractivity contribution in [3.63, 3.8) is 0 Å². The Kier molecular flexibility index (Phi) is 7.60. The van der Waals surface area contributed by atoms with E-state index in [9.17, 15) is 9.59 Å². The van der Waals surface area contributed by atoms with Crippen molar-refractivity contribution >= 4 is 68.1 Å². The van der Waals surface area contributed by atoms with Gasteiger partial charge in [-0.05, 0) is 42.5 Å². The third-order valence-corrected chi connectivity index (χ3v) is 6.84. The summed E-state index contributed by atoms with van der Waals surface area (Å²) in [4.78, 5) is 29.0. The van der Waals surface area contributed by atoms with Crippen molar-refractivity contribution < 1.29 is 14.3 Å². The van der Waals surface area contributed by atoms with Crippen molar-refractivity contribution in [1.82, 2.24) is 10.4 Å². The molecule has 1 amide bonds. The van der Waals surface area contributed by atoms with Crippen LogP contribution in [0.2, 0.25) is 10.0 Å². The normalized spacial score (nSPS) is 11.1. The van der Waals surface area contributed by atoms with Gasteiger partial charge in [-0.25, -0.2) is 10.2 Å². The van der Waals surface area contributed by atoms with E-state index < -0.39 is 11.9 Å². The van der Waals surface area contributed by atoms with E-state index in [1.54, 1.807) is 54.6 Å². The summed E-state index contributed by atoms with van der Waals surface area (Å²) in [5.41, 5.74) is 5.60. The van der Waals surface area contributed by atoms with Crippen LogP contribution in [0.1, 0.15) is 26.4 Å². The molecule has 0 bridgehead atoms. The summed E-state index contributed by atoms with van der Waals surface area (Å²) in [6, 6.07) is 26.4. The Morgan fingerprint density at radius 1 is 0.895 bits per heavy atom. The van der Waals surface area contributed by atoms with E-state index in [0.29, 0.717) is 37.8 Å². The summed E-state index contributed by atoms with van der Waals surface area (Å²) < 4.78 is 6.32. The summed E-state index contributed by atoms with van der Waals surface area (Å²) in [5, 5.41) is 5.84. The number of hydrogen-bond acceptors (Lipinski definition) is 4. The second kappa shape index (κ2) is 11.2. The number of H-pyrrole nitrogens is 1. The number of rotatable bonds is 6. The van der Waals surface area contributed by atoms with Crippen LogP contribution in [0.5, 0.6) is 5.75 Å². The maximum atomic E-state index is 13.3. The molecule has 0 saturated carbocycles. The number of ether oxygens (including phenoxy) is 1. The zero-order valence-corrected chi connectivity index (χ0v) is 22.6. The molecule has 9 heteroatoms. The molecule has 0 spiro atoms. The molecule has 1 aromatic heterocycles. The third-order valence-electron chi connectivity index (χ3n) is 5.71. The lowest BCUT2D eigenvalue weighted by Gasteiger charge is -2.08. The molecule has 0 aliphatic heterocycles. The number of amides is 1. The molecule has 0 atom stereocenters. The number of carbonyl (C=O) groups excluding carboxylic acids is 2. The summed E-state index contributed by atoms with van der Waals surface area (Å²) in [5.74, 6) is -0.721. The Labute approximate surface area is 236 Å².